The number of rotatable bonds is 8. The molecule has 0 bridgehead atoms. The molecule has 290 valence electrons. The molecular weight excluding hydrogens is 832 g/mol. The summed E-state index contributed by atoms with van der Waals surface area (Å²) in [6, 6.07) is 13.3. The molecule has 0 aromatic carbocycles. The van der Waals surface area contributed by atoms with Gasteiger partial charge in [0.2, 0.25) is 0 Å². The van der Waals surface area contributed by atoms with E-state index in [1.165, 1.54) is 47.0 Å². The predicted octanol–water partition coefficient (Wildman–Crippen LogP) is 2.36. The third-order valence-corrected chi connectivity index (χ3v) is 8.00. The maximum atomic E-state index is 8.84. The van der Waals surface area contributed by atoms with E-state index in [0.29, 0.717) is 42.4 Å². The van der Waals surface area contributed by atoms with Crippen LogP contribution in [0.1, 0.15) is 47.4 Å². The number of aromatic nitrogens is 4. The van der Waals surface area contributed by atoms with Crippen molar-refractivity contribution < 1.29 is 85.2 Å². The van der Waals surface area contributed by atoms with Gasteiger partial charge in [-0.1, -0.05) is 0 Å². The maximum Gasteiger partial charge on any atom is 0.181 e. The van der Waals surface area contributed by atoms with Crippen LogP contribution in [0.3, 0.4) is 0 Å². The van der Waals surface area contributed by atoms with E-state index in [4.69, 9.17) is 51.1 Å². The predicted molar refractivity (Wildman–Crippen MR) is 189 cm³/mol. The summed E-state index contributed by atoms with van der Waals surface area (Å²) in [7, 11) is 2.00. The minimum Gasteiger partial charge on any atom is -0.400 e. The summed E-state index contributed by atoms with van der Waals surface area (Å²) in [5.41, 5.74) is 1.83. The van der Waals surface area contributed by atoms with Gasteiger partial charge in [-0.15, -0.1) is 47.0 Å². The van der Waals surface area contributed by atoms with Gasteiger partial charge in [0.25, 0.3) is 0 Å². The molecule has 0 aliphatic rings. The van der Waals surface area contributed by atoms with Gasteiger partial charge in [0.1, 0.15) is 20.1 Å². The molecule has 0 amide bonds. The zero-order valence-corrected chi connectivity index (χ0v) is 32.9. The SMILES string of the molecule is CO.CO.CSc1ncccc1C(O)O.CSc1ncccc1C(O)O.CSc1ncccc1C(O)O.CSc1ncccc1C(O)O.[Cu].[Cu]. The fourth-order valence-corrected chi connectivity index (χ4v) is 5.38. The smallest absolute Gasteiger partial charge is 0.181 e. The number of nitrogens with zero attached hydrogens (tertiary/aromatic N) is 4. The van der Waals surface area contributed by atoms with Crippen molar-refractivity contribution in [2.45, 2.75) is 45.3 Å². The van der Waals surface area contributed by atoms with Crippen LogP contribution in [-0.4, -0.2) is 110 Å². The summed E-state index contributed by atoms with van der Waals surface area (Å²) in [5.74, 6) is 0. The second-order valence-corrected chi connectivity index (χ2v) is 11.1. The molecule has 10 N–H and O–H groups in total. The zero-order valence-electron chi connectivity index (χ0n) is 27.7. The largest absolute Gasteiger partial charge is 0.400 e. The first kappa shape index (κ1) is 55.4. The Bertz CT molecular complexity index is 1180. The Kier molecular flexibility index (Phi) is 38.5. The van der Waals surface area contributed by atoms with Crippen LogP contribution in [0, 0.1) is 0 Å². The Morgan fingerprint density at radius 3 is 0.640 bits per heavy atom. The van der Waals surface area contributed by atoms with Crippen molar-refractivity contribution in [2.24, 2.45) is 0 Å². The molecule has 0 aliphatic heterocycles. The van der Waals surface area contributed by atoms with Crippen LogP contribution in [0.5, 0.6) is 0 Å². The summed E-state index contributed by atoms with van der Waals surface area (Å²) >= 11 is 5.57. The summed E-state index contributed by atoms with van der Waals surface area (Å²) < 4.78 is 0. The van der Waals surface area contributed by atoms with Crippen molar-refractivity contribution in [1.29, 1.82) is 0 Å². The van der Waals surface area contributed by atoms with E-state index in [-0.39, 0.29) is 34.1 Å². The fourth-order valence-electron chi connectivity index (χ4n) is 3.08. The third-order valence-electron chi connectivity index (χ3n) is 5.09. The Labute approximate surface area is 330 Å². The maximum absolute atomic E-state index is 8.84. The Hall–Kier alpha value is -1.36. The van der Waals surface area contributed by atoms with Gasteiger partial charge in [-0.05, 0) is 73.6 Å². The molecule has 2 radical (unpaired) electrons. The van der Waals surface area contributed by atoms with Gasteiger partial charge in [-0.3, -0.25) is 0 Å². The molecule has 4 aromatic rings. The number of hydrogen-bond acceptors (Lipinski definition) is 18. The molecule has 0 spiro atoms. The summed E-state index contributed by atoms with van der Waals surface area (Å²) in [6.45, 7) is 0. The zero-order chi connectivity index (χ0) is 37.1. The van der Waals surface area contributed by atoms with Gasteiger partial charge in [0, 0.05) is 95.4 Å². The molecule has 0 saturated heterocycles. The van der Waals surface area contributed by atoms with Crippen LogP contribution in [0.4, 0.5) is 0 Å². The van der Waals surface area contributed by atoms with E-state index in [2.05, 4.69) is 19.9 Å². The second kappa shape index (κ2) is 34.7. The van der Waals surface area contributed by atoms with E-state index < -0.39 is 25.2 Å². The molecule has 14 nitrogen and oxygen atoms in total. The van der Waals surface area contributed by atoms with Crippen molar-refractivity contribution in [3.05, 3.63) is 95.6 Å². The van der Waals surface area contributed by atoms with Gasteiger partial charge in [-0.2, -0.15) is 0 Å². The van der Waals surface area contributed by atoms with E-state index >= 15 is 0 Å². The first-order valence-electron chi connectivity index (χ1n) is 13.3. The van der Waals surface area contributed by atoms with Crippen LogP contribution >= 0.6 is 47.0 Å². The van der Waals surface area contributed by atoms with E-state index in [1.54, 1.807) is 73.3 Å². The second-order valence-electron chi connectivity index (χ2n) is 7.90. The molecule has 0 fully saturated rings. The number of pyridine rings is 4. The van der Waals surface area contributed by atoms with Crippen LogP contribution in [-0.2, 0) is 34.1 Å². The summed E-state index contributed by atoms with van der Waals surface area (Å²) in [4.78, 5) is 15.8. The third kappa shape index (κ3) is 21.9. The molecule has 4 heterocycles. The van der Waals surface area contributed by atoms with Crippen LogP contribution < -0.4 is 0 Å². The van der Waals surface area contributed by atoms with Crippen molar-refractivity contribution in [3.63, 3.8) is 0 Å². The monoisotopic (exact) mass is 874 g/mol. The summed E-state index contributed by atoms with van der Waals surface area (Å²) in [5, 5.41) is 87.3. The molecule has 50 heavy (non-hydrogen) atoms. The molecule has 0 unspecified atom stereocenters. The number of aliphatic hydroxyl groups excluding tert-OH is 6. The minimum atomic E-state index is -1.42. The van der Waals surface area contributed by atoms with Gasteiger partial charge in [-0.25, -0.2) is 19.9 Å². The average molecular weight is 876 g/mol. The standard InChI is InChI=1S/4C7H9NO2S.2CH4O.2Cu/c4*1-11-6-5(7(9)10)3-2-4-8-6;2*1-2;;/h4*2-4,7,9-10H,1H3;2*2H,1H3;;. The van der Waals surface area contributed by atoms with Gasteiger partial charge < -0.3 is 51.1 Å². The van der Waals surface area contributed by atoms with Gasteiger partial charge in [0.15, 0.2) is 25.2 Å². The molecule has 0 aliphatic carbocycles. The molecule has 20 heteroatoms. The van der Waals surface area contributed by atoms with Crippen molar-refractivity contribution in [1.82, 2.24) is 19.9 Å². The molecule has 4 aromatic heterocycles. The minimum absolute atomic E-state index is 0. The number of thioether (sulfide) groups is 4. The van der Waals surface area contributed by atoms with Gasteiger partial charge >= 0.3 is 0 Å². The van der Waals surface area contributed by atoms with Crippen LogP contribution in [0.2, 0.25) is 0 Å². The van der Waals surface area contributed by atoms with Crippen molar-refractivity contribution in [3.8, 4) is 0 Å². The molecule has 0 atom stereocenters. The number of aliphatic hydroxyl groups is 10. The van der Waals surface area contributed by atoms with Gasteiger partial charge in [0.05, 0.1) is 0 Å². The van der Waals surface area contributed by atoms with Crippen LogP contribution in [0.15, 0.2) is 93.4 Å². The van der Waals surface area contributed by atoms with Crippen molar-refractivity contribution in [2.75, 3.05) is 39.2 Å². The van der Waals surface area contributed by atoms with E-state index in [9.17, 15) is 0 Å². The van der Waals surface area contributed by atoms with Crippen molar-refractivity contribution >= 4 is 47.0 Å². The average Bonchev–Trinajstić information content (AvgIpc) is 3.13. The van der Waals surface area contributed by atoms with E-state index in [1.807, 2.05) is 25.0 Å². The Morgan fingerprint density at radius 1 is 0.380 bits per heavy atom. The first-order valence-corrected chi connectivity index (χ1v) is 18.2. The molecule has 0 saturated carbocycles. The van der Waals surface area contributed by atoms with E-state index in [0.717, 1.165) is 14.2 Å². The van der Waals surface area contributed by atoms with Crippen LogP contribution in [0.25, 0.3) is 0 Å². The Balaban J connectivity index is -0.000000269. The Morgan fingerprint density at radius 2 is 0.540 bits per heavy atom. The first-order chi connectivity index (χ1) is 23.0. The fraction of sp³-hybridized carbons (Fsp3) is 0.333. The summed E-state index contributed by atoms with van der Waals surface area (Å²) in [6.07, 6.45) is 8.16. The molecular formula is C30H44Cu2N4O10S4. The number of hydrogen-bond donors (Lipinski definition) is 10. The normalized spacial score (nSPS) is 9.52. The molecule has 4 rings (SSSR count). The topological polar surface area (TPSA) is 254 Å². The quantitative estimate of drug-likeness (QED) is 0.0693.